The van der Waals surface area contributed by atoms with Crippen LogP contribution in [-0.2, 0) is 4.79 Å². The Balaban J connectivity index is 1.23. The van der Waals surface area contributed by atoms with E-state index in [1.807, 2.05) is 115 Å². The Morgan fingerprint density at radius 2 is 1.46 bits per heavy atom. The summed E-state index contributed by atoms with van der Waals surface area (Å²) in [5, 5.41) is 8.74. The average molecular weight is 548 g/mol. The Labute approximate surface area is 235 Å². The van der Waals surface area contributed by atoms with Crippen molar-refractivity contribution in [3.05, 3.63) is 131 Å². The van der Waals surface area contributed by atoms with Crippen LogP contribution in [0.4, 0.5) is 5.69 Å². The molecule has 0 spiro atoms. The highest BCUT2D eigenvalue weighted by molar-refractivity contribution is 7.80. The lowest BCUT2D eigenvalue weighted by Crippen LogP contribution is -2.37. The SMILES string of the molecule is O=C(NC(=S)Nc1ccc2oc(-c3cccc4c(Cl)cccc34)nc2c1)C(c1ccccc1)c1ccccc1. The first-order valence-electron chi connectivity index (χ1n) is 12.4. The Morgan fingerprint density at radius 3 is 2.18 bits per heavy atom. The molecule has 0 aliphatic carbocycles. The van der Waals surface area contributed by atoms with Crippen LogP contribution in [0.25, 0.3) is 33.3 Å². The molecule has 0 radical (unpaired) electrons. The van der Waals surface area contributed by atoms with Crippen LogP contribution in [0.3, 0.4) is 0 Å². The zero-order chi connectivity index (χ0) is 26.8. The standard InChI is InChI=1S/C32H22ClN3O2S/c33-26-16-8-13-23-24(26)14-7-15-25(23)31-35-27-19-22(17-18-28(27)38-31)34-32(39)36-30(37)29(20-9-3-1-4-10-20)21-11-5-2-6-12-21/h1-19,29H,(H2,34,36,37,39). The van der Waals surface area contributed by atoms with E-state index in [1.165, 1.54) is 0 Å². The van der Waals surface area contributed by atoms with Gasteiger partial charge in [-0.3, -0.25) is 4.79 Å². The van der Waals surface area contributed by atoms with Gasteiger partial charge in [0.1, 0.15) is 5.52 Å². The van der Waals surface area contributed by atoms with Crippen LogP contribution in [0.1, 0.15) is 17.0 Å². The number of carbonyl (C=O) groups excluding carboxylic acids is 1. The highest BCUT2D eigenvalue weighted by Gasteiger charge is 2.23. The summed E-state index contributed by atoms with van der Waals surface area (Å²) < 4.78 is 6.07. The summed E-state index contributed by atoms with van der Waals surface area (Å²) in [6, 6.07) is 36.4. The summed E-state index contributed by atoms with van der Waals surface area (Å²) in [7, 11) is 0. The molecule has 190 valence electrons. The molecule has 0 saturated heterocycles. The van der Waals surface area contributed by atoms with Gasteiger partial charge in [-0.2, -0.15) is 0 Å². The number of hydrogen-bond donors (Lipinski definition) is 2. The second-order valence-corrected chi connectivity index (χ2v) is 9.86. The summed E-state index contributed by atoms with van der Waals surface area (Å²) >= 11 is 11.9. The normalized spacial score (nSPS) is 11.1. The molecule has 6 rings (SSSR count). The van der Waals surface area contributed by atoms with Gasteiger partial charge in [0.05, 0.1) is 5.92 Å². The van der Waals surface area contributed by atoms with E-state index in [4.69, 9.17) is 33.2 Å². The van der Waals surface area contributed by atoms with Gasteiger partial charge in [-0.1, -0.05) is 96.5 Å². The van der Waals surface area contributed by atoms with E-state index in [0.29, 0.717) is 27.7 Å². The molecule has 0 atom stereocenters. The topological polar surface area (TPSA) is 67.2 Å². The molecular weight excluding hydrogens is 526 g/mol. The first-order chi connectivity index (χ1) is 19.1. The molecule has 39 heavy (non-hydrogen) atoms. The Hall–Kier alpha value is -4.52. The lowest BCUT2D eigenvalue weighted by Gasteiger charge is -2.18. The van der Waals surface area contributed by atoms with Gasteiger partial charge in [0.2, 0.25) is 11.8 Å². The summed E-state index contributed by atoms with van der Waals surface area (Å²) in [6.07, 6.45) is 0. The minimum atomic E-state index is -0.498. The number of aromatic nitrogens is 1. The van der Waals surface area contributed by atoms with Gasteiger partial charge in [-0.15, -0.1) is 0 Å². The van der Waals surface area contributed by atoms with Gasteiger partial charge in [0, 0.05) is 21.7 Å². The second-order valence-electron chi connectivity index (χ2n) is 9.04. The van der Waals surface area contributed by atoms with Crippen molar-refractivity contribution in [1.29, 1.82) is 0 Å². The van der Waals surface area contributed by atoms with E-state index < -0.39 is 5.92 Å². The van der Waals surface area contributed by atoms with Crippen LogP contribution in [0, 0.1) is 0 Å². The summed E-state index contributed by atoms with van der Waals surface area (Å²) in [5.41, 5.74) is 4.61. The monoisotopic (exact) mass is 547 g/mol. The number of anilines is 1. The molecular formula is C32H22ClN3O2S. The van der Waals surface area contributed by atoms with E-state index >= 15 is 0 Å². The van der Waals surface area contributed by atoms with E-state index in [2.05, 4.69) is 10.6 Å². The Morgan fingerprint density at radius 1 is 0.795 bits per heavy atom. The van der Waals surface area contributed by atoms with Crippen LogP contribution < -0.4 is 10.6 Å². The summed E-state index contributed by atoms with van der Waals surface area (Å²) in [4.78, 5) is 18.1. The van der Waals surface area contributed by atoms with Gasteiger partial charge in [-0.25, -0.2) is 4.98 Å². The van der Waals surface area contributed by atoms with Crippen molar-refractivity contribution >= 4 is 62.4 Å². The predicted octanol–water partition coefficient (Wildman–Crippen LogP) is 7.95. The highest BCUT2D eigenvalue weighted by Crippen LogP contribution is 2.34. The number of oxazole rings is 1. The van der Waals surface area contributed by atoms with Crippen molar-refractivity contribution in [3.8, 4) is 11.5 Å². The van der Waals surface area contributed by atoms with Crippen molar-refractivity contribution in [1.82, 2.24) is 10.3 Å². The molecule has 1 aromatic heterocycles. The zero-order valence-corrected chi connectivity index (χ0v) is 22.2. The van der Waals surface area contributed by atoms with Crippen LogP contribution in [0.5, 0.6) is 0 Å². The molecule has 1 heterocycles. The Kier molecular flexibility index (Phi) is 6.80. The molecule has 0 fully saturated rings. The number of halogens is 1. The van der Waals surface area contributed by atoms with E-state index in [0.717, 1.165) is 27.5 Å². The van der Waals surface area contributed by atoms with Gasteiger partial charge >= 0.3 is 0 Å². The zero-order valence-electron chi connectivity index (χ0n) is 20.6. The molecule has 2 N–H and O–H groups in total. The largest absolute Gasteiger partial charge is 0.436 e. The molecule has 5 nitrogen and oxygen atoms in total. The minimum absolute atomic E-state index is 0.198. The van der Waals surface area contributed by atoms with Crippen molar-refractivity contribution in [2.45, 2.75) is 5.92 Å². The molecule has 0 saturated carbocycles. The Bertz CT molecular complexity index is 1780. The minimum Gasteiger partial charge on any atom is -0.436 e. The fourth-order valence-corrected chi connectivity index (χ4v) is 5.17. The number of fused-ring (bicyclic) bond motifs is 2. The molecule has 7 heteroatoms. The fourth-order valence-electron chi connectivity index (χ4n) is 4.71. The highest BCUT2D eigenvalue weighted by atomic mass is 35.5. The molecule has 1 amide bonds. The van der Waals surface area contributed by atoms with Gasteiger partial charge in [0.15, 0.2) is 10.7 Å². The van der Waals surface area contributed by atoms with Gasteiger partial charge in [-0.05, 0) is 59.1 Å². The molecule has 5 aromatic carbocycles. The number of thiocarbonyl (C=S) groups is 1. The van der Waals surface area contributed by atoms with E-state index in [1.54, 1.807) is 0 Å². The molecule has 0 aliphatic heterocycles. The number of rotatable bonds is 5. The second kappa shape index (κ2) is 10.7. The maximum absolute atomic E-state index is 13.4. The van der Waals surface area contributed by atoms with Crippen molar-refractivity contribution in [2.24, 2.45) is 0 Å². The predicted molar refractivity (Wildman–Crippen MR) is 161 cm³/mol. The first-order valence-corrected chi connectivity index (χ1v) is 13.2. The number of hydrogen-bond acceptors (Lipinski definition) is 4. The number of nitrogens with one attached hydrogen (secondary N) is 2. The van der Waals surface area contributed by atoms with Crippen LogP contribution in [0.2, 0.25) is 5.02 Å². The summed E-state index contributed by atoms with van der Waals surface area (Å²) in [6.45, 7) is 0. The number of benzene rings is 5. The van der Waals surface area contributed by atoms with Crippen molar-refractivity contribution in [3.63, 3.8) is 0 Å². The average Bonchev–Trinajstić information content (AvgIpc) is 3.37. The maximum Gasteiger partial charge on any atom is 0.238 e. The maximum atomic E-state index is 13.4. The lowest BCUT2D eigenvalue weighted by atomic mass is 9.90. The van der Waals surface area contributed by atoms with E-state index in [9.17, 15) is 4.79 Å². The third-order valence-corrected chi connectivity index (χ3v) is 7.04. The van der Waals surface area contributed by atoms with Gasteiger partial charge < -0.3 is 15.1 Å². The lowest BCUT2D eigenvalue weighted by molar-refractivity contribution is -0.120. The number of nitrogens with zero attached hydrogens (tertiary/aromatic N) is 1. The van der Waals surface area contributed by atoms with Crippen molar-refractivity contribution < 1.29 is 9.21 Å². The van der Waals surface area contributed by atoms with Crippen LogP contribution >= 0.6 is 23.8 Å². The smallest absolute Gasteiger partial charge is 0.238 e. The van der Waals surface area contributed by atoms with Gasteiger partial charge in [0.25, 0.3) is 0 Å². The molecule has 6 aromatic rings. The first kappa shape index (κ1) is 24.8. The molecule has 0 bridgehead atoms. The molecule has 0 aliphatic rings. The quantitative estimate of drug-likeness (QED) is 0.214. The van der Waals surface area contributed by atoms with E-state index in [-0.39, 0.29) is 11.0 Å². The molecule has 0 unspecified atom stereocenters. The number of carbonyl (C=O) groups is 1. The van der Waals surface area contributed by atoms with Crippen LogP contribution in [0.15, 0.2) is 120 Å². The number of amides is 1. The van der Waals surface area contributed by atoms with Crippen LogP contribution in [-0.4, -0.2) is 16.0 Å². The summed E-state index contributed by atoms with van der Waals surface area (Å²) in [5.74, 6) is -0.217. The third-order valence-electron chi connectivity index (χ3n) is 6.51. The van der Waals surface area contributed by atoms with Crippen molar-refractivity contribution in [2.75, 3.05) is 5.32 Å². The fraction of sp³-hybridized carbons (Fsp3) is 0.0312. The third kappa shape index (κ3) is 5.12.